The summed E-state index contributed by atoms with van der Waals surface area (Å²) in [5, 5.41) is 2.73. The molecule has 0 saturated carbocycles. The fourth-order valence-corrected chi connectivity index (χ4v) is 2.96. The van der Waals surface area contributed by atoms with Crippen LogP contribution in [0.4, 0.5) is 5.69 Å². The summed E-state index contributed by atoms with van der Waals surface area (Å²) in [6.07, 6.45) is 0.657. The third-order valence-electron chi connectivity index (χ3n) is 4.62. The van der Waals surface area contributed by atoms with Crippen LogP contribution in [0.3, 0.4) is 0 Å². The first-order chi connectivity index (χ1) is 14.3. The van der Waals surface area contributed by atoms with Gasteiger partial charge in [-0.05, 0) is 38.1 Å². The molecule has 2 aromatic carbocycles. The van der Waals surface area contributed by atoms with Crippen molar-refractivity contribution in [2.45, 2.75) is 20.0 Å². The Bertz CT molecular complexity index is 981. The van der Waals surface area contributed by atoms with Gasteiger partial charge in [-0.2, -0.15) is 0 Å². The number of fused-ring (bicyclic) bond motifs is 1. The number of para-hydroxylation sites is 1. The molecule has 1 atom stereocenters. The molecule has 3 rings (SSSR count). The number of hydrogen-bond donors (Lipinski definition) is 1. The summed E-state index contributed by atoms with van der Waals surface area (Å²) >= 11 is 0. The van der Waals surface area contributed by atoms with Gasteiger partial charge in [0.25, 0.3) is 5.91 Å². The minimum absolute atomic E-state index is 0.0750. The second-order valence-corrected chi connectivity index (χ2v) is 7.15. The van der Waals surface area contributed by atoms with Gasteiger partial charge in [0.2, 0.25) is 5.91 Å². The average molecular weight is 408 g/mol. The largest absolute Gasteiger partial charge is 0.488 e. The summed E-state index contributed by atoms with van der Waals surface area (Å²) in [6.45, 7) is 3.35. The van der Waals surface area contributed by atoms with Gasteiger partial charge in [0.15, 0.2) is 6.10 Å². The quantitative estimate of drug-likeness (QED) is 0.743. The Morgan fingerprint density at radius 3 is 2.57 bits per heavy atom. The van der Waals surface area contributed by atoms with Crippen LogP contribution in [0.1, 0.15) is 18.1 Å². The van der Waals surface area contributed by atoms with Gasteiger partial charge in [-0.3, -0.25) is 9.59 Å². The number of nitrogens with one attached hydrogen (secondary N) is 1. The van der Waals surface area contributed by atoms with E-state index in [4.69, 9.17) is 9.47 Å². The zero-order chi connectivity index (χ0) is 21.7. The highest BCUT2D eigenvalue weighted by atomic mass is 16.6. The van der Waals surface area contributed by atoms with E-state index in [1.807, 2.05) is 43.3 Å². The number of rotatable bonds is 6. The standard InChI is InChI=1S/C23H24N2O5/c1-15-8-10-19(11-9-15)24-21(26)13-25(3)22(27)16(2)30-23(28)18-12-17-6-4-5-7-20(17)29-14-18/h4-12,16H,13-14H2,1-3H3,(H,24,26)/t16-/m0/s1. The maximum Gasteiger partial charge on any atom is 0.338 e. The highest BCUT2D eigenvalue weighted by Crippen LogP contribution is 2.26. The Labute approximate surface area is 175 Å². The van der Waals surface area contributed by atoms with Crippen LogP contribution in [-0.2, 0) is 19.1 Å². The fraction of sp³-hybridized carbons (Fsp3) is 0.261. The van der Waals surface area contributed by atoms with Crippen LogP contribution in [0, 0.1) is 6.92 Å². The predicted molar refractivity (Wildman–Crippen MR) is 113 cm³/mol. The predicted octanol–water partition coefficient (Wildman–Crippen LogP) is 2.80. The SMILES string of the molecule is Cc1ccc(NC(=O)CN(C)C(=O)[C@H](C)OC(=O)C2=Cc3ccccc3OC2)cc1. The van der Waals surface area contributed by atoms with Crippen molar-refractivity contribution >= 4 is 29.5 Å². The number of likely N-dealkylation sites (N-methyl/N-ethyl adjacent to an activating group) is 1. The van der Waals surface area contributed by atoms with Crippen molar-refractivity contribution in [1.29, 1.82) is 0 Å². The van der Waals surface area contributed by atoms with E-state index in [-0.39, 0.29) is 19.1 Å². The molecular formula is C23H24N2O5. The number of hydrogen-bond acceptors (Lipinski definition) is 5. The highest BCUT2D eigenvalue weighted by molar-refractivity contribution is 5.98. The molecule has 2 aromatic rings. The molecule has 1 heterocycles. The second-order valence-electron chi connectivity index (χ2n) is 7.15. The summed E-state index contributed by atoms with van der Waals surface area (Å²) in [4.78, 5) is 38.3. The van der Waals surface area contributed by atoms with Crippen LogP contribution in [0.25, 0.3) is 6.08 Å². The Morgan fingerprint density at radius 1 is 1.13 bits per heavy atom. The minimum Gasteiger partial charge on any atom is -0.488 e. The average Bonchev–Trinajstić information content (AvgIpc) is 2.74. The van der Waals surface area contributed by atoms with Gasteiger partial charge in [-0.1, -0.05) is 35.9 Å². The van der Waals surface area contributed by atoms with Crippen molar-refractivity contribution in [3.63, 3.8) is 0 Å². The Hall–Kier alpha value is -3.61. The van der Waals surface area contributed by atoms with Crippen molar-refractivity contribution in [2.75, 3.05) is 25.5 Å². The molecule has 156 valence electrons. The lowest BCUT2D eigenvalue weighted by Crippen LogP contribution is -2.41. The van der Waals surface area contributed by atoms with E-state index in [1.165, 1.54) is 18.9 Å². The summed E-state index contributed by atoms with van der Waals surface area (Å²) < 4.78 is 10.8. The van der Waals surface area contributed by atoms with Crippen molar-refractivity contribution in [2.24, 2.45) is 0 Å². The van der Waals surface area contributed by atoms with Crippen LogP contribution in [0.5, 0.6) is 5.75 Å². The normalized spacial score (nSPS) is 13.2. The van der Waals surface area contributed by atoms with Crippen molar-refractivity contribution in [1.82, 2.24) is 4.90 Å². The lowest BCUT2D eigenvalue weighted by Gasteiger charge is -2.22. The van der Waals surface area contributed by atoms with E-state index in [0.717, 1.165) is 11.1 Å². The van der Waals surface area contributed by atoms with Crippen molar-refractivity contribution < 1.29 is 23.9 Å². The fourth-order valence-electron chi connectivity index (χ4n) is 2.96. The first-order valence-corrected chi connectivity index (χ1v) is 9.58. The zero-order valence-corrected chi connectivity index (χ0v) is 17.2. The zero-order valence-electron chi connectivity index (χ0n) is 17.2. The molecule has 0 unspecified atom stereocenters. The Kier molecular flexibility index (Phi) is 6.51. The molecule has 0 spiro atoms. The smallest absolute Gasteiger partial charge is 0.338 e. The molecule has 1 N–H and O–H groups in total. The number of anilines is 1. The third kappa shape index (κ3) is 5.26. The van der Waals surface area contributed by atoms with Gasteiger partial charge in [-0.15, -0.1) is 0 Å². The van der Waals surface area contributed by atoms with E-state index < -0.39 is 18.0 Å². The number of carbonyl (C=O) groups excluding carboxylic acids is 3. The summed E-state index contributed by atoms with van der Waals surface area (Å²) in [7, 11) is 1.49. The molecular weight excluding hydrogens is 384 g/mol. The van der Waals surface area contributed by atoms with Gasteiger partial charge in [-0.25, -0.2) is 4.79 Å². The summed E-state index contributed by atoms with van der Waals surface area (Å²) in [5.74, 6) is -0.742. The molecule has 0 fully saturated rings. The van der Waals surface area contributed by atoms with Gasteiger partial charge >= 0.3 is 5.97 Å². The van der Waals surface area contributed by atoms with Gasteiger partial charge in [0, 0.05) is 18.3 Å². The van der Waals surface area contributed by atoms with Crippen LogP contribution < -0.4 is 10.1 Å². The number of amides is 2. The van der Waals surface area contributed by atoms with Crippen LogP contribution in [-0.4, -0.2) is 49.0 Å². The van der Waals surface area contributed by atoms with Gasteiger partial charge in [0.05, 0.1) is 12.1 Å². The maximum absolute atomic E-state index is 12.5. The summed E-state index contributed by atoms with van der Waals surface area (Å²) in [5.41, 5.74) is 2.83. The molecule has 30 heavy (non-hydrogen) atoms. The lowest BCUT2D eigenvalue weighted by molar-refractivity contribution is -0.155. The van der Waals surface area contributed by atoms with E-state index in [1.54, 1.807) is 18.2 Å². The van der Waals surface area contributed by atoms with E-state index >= 15 is 0 Å². The number of nitrogens with zero attached hydrogens (tertiary/aromatic N) is 1. The second kappa shape index (κ2) is 9.26. The number of carbonyl (C=O) groups is 3. The molecule has 1 aliphatic heterocycles. The molecule has 0 bridgehead atoms. The first-order valence-electron chi connectivity index (χ1n) is 9.58. The van der Waals surface area contributed by atoms with Gasteiger partial charge in [0.1, 0.15) is 12.4 Å². The van der Waals surface area contributed by atoms with E-state index in [9.17, 15) is 14.4 Å². The van der Waals surface area contributed by atoms with E-state index in [0.29, 0.717) is 17.0 Å². The Balaban J connectivity index is 1.53. The molecule has 0 aliphatic carbocycles. The van der Waals surface area contributed by atoms with Crippen LogP contribution in [0.15, 0.2) is 54.1 Å². The highest BCUT2D eigenvalue weighted by Gasteiger charge is 2.26. The summed E-state index contributed by atoms with van der Waals surface area (Å²) in [6, 6.07) is 14.7. The number of esters is 1. The minimum atomic E-state index is -1.03. The third-order valence-corrected chi connectivity index (χ3v) is 4.62. The van der Waals surface area contributed by atoms with Gasteiger partial charge < -0.3 is 19.7 Å². The number of benzene rings is 2. The Morgan fingerprint density at radius 2 is 1.83 bits per heavy atom. The van der Waals surface area contributed by atoms with Crippen molar-refractivity contribution in [3.8, 4) is 5.75 Å². The van der Waals surface area contributed by atoms with E-state index in [2.05, 4.69) is 5.32 Å². The molecule has 0 radical (unpaired) electrons. The topological polar surface area (TPSA) is 84.9 Å². The molecule has 1 aliphatic rings. The van der Waals surface area contributed by atoms with Crippen LogP contribution >= 0.6 is 0 Å². The van der Waals surface area contributed by atoms with Crippen molar-refractivity contribution in [3.05, 3.63) is 65.2 Å². The number of aryl methyl sites for hydroxylation is 1. The molecule has 0 saturated heterocycles. The first kappa shape index (κ1) is 21.1. The number of ether oxygens (including phenoxy) is 2. The molecule has 7 nitrogen and oxygen atoms in total. The van der Waals surface area contributed by atoms with Crippen LogP contribution in [0.2, 0.25) is 0 Å². The maximum atomic E-state index is 12.5. The monoisotopic (exact) mass is 408 g/mol. The molecule has 7 heteroatoms. The molecule has 0 aromatic heterocycles. The molecule has 2 amide bonds. The lowest BCUT2D eigenvalue weighted by atomic mass is 10.1.